The number of hydrogen-bond donors (Lipinski definition) is 1. The molecular formula is C17H13ClFNO. The van der Waals surface area contributed by atoms with E-state index in [1.807, 2.05) is 24.3 Å². The van der Waals surface area contributed by atoms with Gasteiger partial charge in [0.05, 0.1) is 11.6 Å². The minimum atomic E-state index is -0.798. The zero-order valence-corrected chi connectivity index (χ0v) is 11.9. The first kappa shape index (κ1) is 14.0. The van der Waals surface area contributed by atoms with Crippen molar-refractivity contribution in [2.75, 3.05) is 0 Å². The smallest absolute Gasteiger partial charge is 0.127 e. The molecule has 3 rings (SSSR count). The molecule has 106 valence electrons. The second-order valence-electron chi connectivity index (χ2n) is 4.87. The van der Waals surface area contributed by atoms with Crippen LogP contribution in [-0.4, -0.2) is 10.1 Å². The molecule has 0 fully saturated rings. The van der Waals surface area contributed by atoms with Crippen LogP contribution in [0.25, 0.3) is 10.9 Å². The monoisotopic (exact) mass is 301 g/mol. The van der Waals surface area contributed by atoms with Crippen LogP contribution < -0.4 is 0 Å². The Bertz CT molecular complexity index is 785. The maximum Gasteiger partial charge on any atom is 0.127 e. The summed E-state index contributed by atoms with van der Waals surface area (Å²) in [6.07, 6.45) is 1.05. The van der Waals surface area contributed by atoms with Gasteiger partial charge in [-0.15, -0.1) is 0 Å². The summed E-state index contributed by atoms with van der Waals surface area (Å²) in [5, 5.41) is 11.7. The second-order valence-corrected chi connectivity index (χ2v) is 5.31. The van der Waals surface area contributed by atoms with Crippen molar-refractivity contribution in [3.8, 4) is 0 Å². The molecule has 0 radical (unpaired) electrons. The van der Waals surface area contributed by atoms with E-state index in [0.29, 0.717) is 10.6 Å². The van der Waals surface area contributed by atoms with Gasteiger partial charge in [-0.25, -0.2) is 4.39 Å². The third kappa shape index (κ3) is 2.89. The summed E-state index contributed by atoms with van der Waals surface area (Å²) >= 11 is 5.74. The standard InChI is InChI=1S/C17H13ClFNO/c18-12-6-5-11(15(19)10-12)9-17(21)14-7-8-20-16-4-2-1-3-13(14)16/h1-8,10,17,21H,9H2. The highest BCUT2D eigenvalue weighted by Crippen LogP contribution is 2.26. The molecule has 1 aromatic heterocycles. The van der Waals surface area contributed by atoms with E-state index in [1.54, 1.807) is 24.4 Å². The molecule has 3 aromatic rings. The van der Waals surface area contributed by atoms with Crippen LogP contribution in [0.15, 0.2) is 54.7 Å². The lowest BCUT2D eigenvalue weighted by atomic mass is 9.98. The number of aliphatic hydroxyl groups is 1. The molecule has 1 heterocycles. The van der Waals surface area contributed by atoms with Crippen LogP contribution in [0.5, 0.6) is 0 Å². The van der Waals surface area contributed by atoms with Gasteiger partial charge in [0, 0.05) is 23.0 Å². The number of aliphatic hydroxyl groups excluding tert-OH is 1. The van der Waals surface area contributed by atoms with Gasteiger partial charge in [-0.05, 0) is 35.4 Å². The summed E-state index contributed by atoms with van der Waals surface area (Å²) in [5.41, 5.74) is 1.99. The number of hydrogen-bond acceptors (Lipinski definition) is 2. The van der Waals surface area contributed by atoms with Crippen molar-refractivity contribution in [1.82, 2.24) is 4.98 Å². The van der Waals surface area contributed by atoms with Crippen molar-refractivity contribution in [3.63, 3.8) is 0 Å². The molecule has 2 aromatic carbocycles. The number of benzene rings is 2. The SMILES string of the molecule is OC(Cc1ccc(Cl)cc1F)c1ccnc2ccccc12. The third-order valence-corrected chi connectivity index (χ3v) is 3.71. The van der Waals surface area contributed by atoms with E-state index in [1.165, 1.54) is 6.07 Å². The number of halogens is 2. The Hall–Kier alpha value is -1.97. The highest BCUT2D eigenvalue weighted by molar-refractivity contribution is 6.30. The van der Waals surface area contributed by atoms with Gasteiger partial charge in [0.1, 0.15) is 5.82 Å². The molecule has 4 heteroatoms. The minimum absolute atomic E-state index is 0.191. The van der Waals surface area contributed by atoms with Crippen molar-refractivity contribution in [2.45, 2.75) is 12.5 Å². The van der Waals surface area contributed by atoms with Gasteiger partial charge in [-0.3, -0.25) is 4.98 Å². The summed E-state index contributed by atoms with van der Waals surface area (Å²) in [6.45, 7) is 0. The molecule has 21 heavy (non-hydrogen) atoms. The number of nitrogens with zero attached hydrogens (tertiary/aromatic N) is 1. The Morgan fingerprint density at radius 3 is 2.76 bits per heavy atom. The van der Waals surface area contributed by atoms with E-state index in [2.05, 4.69) is 4.98 Å². The lowest BCUT2D eigenvalue weighted by Gasteiger charge is -2.14. The lowest BCUT2D eigenvalue weighted by Crippen LogP contribution is -2.04. The fourth-order valence-electron chi connectivity index (χ4n) is 2.41. The van der Waals surface area contributed by atoms with Crippen LogP contribution in [0, 0.1) is 5.82 Å². The fourth-order valence-corrected chi connectivity index (χ4v) is 2.57. The fraction of sp³-hybridized carbons (Fsp3) is 0.118. The zero-order valence-electron chi connectivity index (χ0n) is 11.1. The maximum atomic E-state index is 13.8. The second kappa shape index (κ2) is 5.80. The Morgan fingerprint density at radius 2 is 1.95 bits per heavy atom. The molecule has 0 saturated heterocycles. The Morgan fingerprint density at radius 1 is 1.14 bits per heavy atom. The van der Waals surface area contributed by atoms with Gasteiger partial charge in [0.25, 0.3) is 0 Å². The molecule has 1 atom stereocenters. The summed E-state index contributed by atoms with van der Waals surface area (Å²) in [6, 6.07) is 13.8. The van der Waals surface area contributed by atoms with Crippen molar-refractivity contribution in [3.05, 3.63) is 76.7 Å². The molecular weight excluding hydrogens is 289 g/mol. The van der Waals surface area contributed by atoms with Gasteiger partial charge < -0.3 is 5.11 Å². The van der Waals surface area contributed by atoms with Crippen molar-refractivity contribution >= 4 is 22.5 Å². The third-order valence-electron chi connectivity index (χ3n) is 3.47. The summed E-state index contributed by atoms with van der Waals surface area (Å²) < 4.78 is 13.8. The first-order valence-electron chi connectivity index (χ1n) is 6.61. The first-order chi connectivity index (χ1) is 10.1. The largest absolute Gasteiger partial charge is 0.388 e. The molecule has 1 N–H and O–H groups in total. The van der Waals surface area contributed by atoms with Crippen molar-refractivity contribution in [1.29, 1.82) is 0 Å². The number of aromatic nitrogens is 1. The zero-order chi connectivity index (χ0) is 14.8. The number of fused-ring (bicyclic) bond motifs is 1. The molecule has 0 amide bonds. The van der Waals surface area contributed by atoms with Crippen molar-refractivity contribution < 1.29 is 9.50 Å². The molecule has 0 spiro atoms. The van der Waals surface area contributed by atoms with E-state index < -0.39 is 11.9 Å². The van der Waals surface area contributed by atoms with Crippen LogP contribution in [0.3, 0.4) is 0 Å². The Balaban J connectivity index is 1.95. The highest BCUT2D eigenvalue weighted by Gasteiger charge is 2.14. The molecule has 2 nitrogen and oxygen atoms in total. The van der Waals surface area contributed by atoms with E-state index in [0.717, 1.165) is 16.5 Å². The van der Waals surface area contributed by atoms with Gasteiger partial charge in [-0.1, -0.05) is 35.9 Å². The van der Waals surface area contributed by atoms with E-state index in [-0.39, 0.29) is 6.42 Å². The van der Waals surface area contributed by atoms with Crippen molar-refractivity contribution in [2.24, 2.45) is 0 Å². The highest BCUT2D eigenvalue weighted by atomic mass is 35.5. The minimum Gasteiger partial charge on any atom is -0.388 e. The lowest BCUT2D eigenvalue weighted by molar-refractivity contribution is 0.178. The molecule has 0 saturated carbocycles. The van der Waals surface area contributed by atoms with Crippen LogP contribution in [0.4, 0.5) is 4.39 Å². The number of pyridine rings is 1. The summed E-state index contributed by atoms with van der Waals surface area (Å²) in [5.74, 6) is -0.403. The average Bonchev–Trinajstić information content (AvgIpc) is 2.49. The van der Waals surface area contributed by atoms with Gasteiger partial charge >= 0.3 is 0 Å². The average molecular weight is 302 g/mol. The maximum absolute atomic E-state index is 13.8. The topological polar surface area (TPSA) is 33.1 Å². The summed E-state index contributed by atoms with van der Waals surface area (Å²) in [7, 11) is 0. The molecule has 0 bridgehead atoms. The number of rotatable bonds is 3. The first-order valence-corrected chi connectivity index (χ1v) is 6.98. The quantitative estimate of drug-likeness (QED) is 0.782. The van der Waals surface area contributed by atoms with Crippen LogP contribution in [0.1, 0.15) is 17.2 Å². The predicted molar refractivity (Wildman–Crippen MR) is 81.8 cm³/mol. The van der Waals surface area contributed by atoms with E-state index >= 15 is 0 Å². The van der Waals surface area contributed by atoms with Crippen LogP contribution >= 0.6 is 11.6 Å². The van der Waals surface area contributed by atoms with Crippen LogP contribution in [-0.2, 0) is 6.42 Å². The molecule has 0 aliphatic heterocycles. The van der Waals surface area contributed by atoms with Gasteiger partial charge in [-0.2, -0.15) is 0 Å². The Labute approximate surface area is 126 Å². The van der Waals surface area contributed by atoms with Crippen LogP contribution in [0.2, 0.25) is 5.02 Å². The Kier molecular flexibility index (Phi) is 3.86. The molecule has 0 aliphatic carbocycles. The molecule has 1 unspecified atom stereocenters. The van der Waals surface area contributed by atoms with Gasteiger partial charge in [0.15, 0.2) is 0 Å². The van der Waals surface area contributed by atoms with E-state index in [9.17, 15) is 9.50 Å². The molecule has 0 aliphatic rings. The normalized spacial score (nSPS) is 12.5. The van der Waals surface area contributed by atoms with Gasteiger partial charge in [0.2, 0.25) is 0 Å². The summed E-state index contributed by atoms with van der Waals surface area (Å²) in [4.78, 5) is 4.26. The number of para-hydroxylation sites is 1. The predicted octanol–water partition coefficient (Wildman–Crippen LogP) is 4.30. The van der Waals surface area contributed by atoms with E-state index in [4.69, 9.17) is 11.6 Å².